The Hall–Kier alpha value is -1.88. The highest BCUT2D eigenvalue weighted by Gasteiger charge is 2.14. The first-order valence-corrected chi connectivity index (χ1v) is 6.82. The number of carboxylic acids is 1. The van der Waals surface area contributed by atoms with E-state index in [2.05, 4.69) is 5.32 Å². The molecule has 0 aliphatic carbocycles. The third-order valence-corrected chi connectivity index (χ3v) is 3.09. The van der Waals surface area contributed by atoms with E-state index >= 15 is 0 Å². The fraction of sp³-hybridized carbons (Fsp3) is 0.467. The zero-order valence-corrected chi connectivity index (χ0v) is 11.8. The first kappa shape index (κ1) is 16.2. The van der Waals surface area contributed by atoms with Crippen LogP contribution < -0.4 is 11.1 Å². The summed E-state index contributed by atoms with van der Waals surface area (Å²) in [7, 11) is 0. The zero-order chi connectivity index (χ0) is 15.0. The number of benzene rings is 1. The van der Waals surface area contributed by atoms with Crippen molar-refractivity contribution >= 4 is 11.9 Å². The third-order valence-electron chi connectivity index (χ3n) is 3.09. The SMILES string of the molecule is Cc1ccc(C(N)C(=O)NCCCCCC(=O)O)cc1. The van der Waals surface area contributed by atoms with Gasteiger partial charge in [0.25, 0.3) is 0 Å². The first-order chi connectivity index (χ1) is 9.50. The Labute approximate surface area is 119 Å². The van der Waals surface area contributed by atoms with E-state index in [4.69, 9.17) is 10.8 Å². The number of hydrogen-bond acceptors (Lipinski definition) is 3. The number of rotatable bonds is 8. The summed E-state index contributed by atoms with van der Waals surface area (Å²) < 4.78 is 0. The lowest BCUT2D eigenvalue weighted by Crippen LogP contribution is -2.34. The predicted molar refractivity (Wildman–Crippen MR) is 77.2 cm³/mol. The van der Waals surface area contributed by atoms with Crippen molar-refractivity contribution in [2.75, 3.05) is 6.54 Å². The summed E-state index contributed by atoms with van der Waals surface area (Å²) in [6.45, 7) is 2.50. The van der Waals surface area contributed by atoms with Crippen molar-refractivity contribution < 1.29 is 14.7 Å². The lowest BCUT2D eigenvalue weighted by molar-refractivity contribution is -0.137. The number of carbonyl (C=O) groups excluding carboxylic acids is 1. The van der Waals surface area contributed by atoms with Gasteiger partial charge in [0.05, 0.1) is 0 Å². The Morgan fingerprint density at radius 1 is 1.20 bits per heavy atom. The number of amides is 1. The van der Waals surface area contributed by atoms with E-state index in [9.17, 15) is 9.59 Å². The van der Waals surface area contributed by atoms with Crippen molar-refractivity contribution in [3.8, 4) is 0 Å². The van der Waals surface area contributed by atoms with Crippen LogP contribution in [0.3, 0.4) is 0 Å². The quantitative estimate of drug-likeness (QED) is 0.632. The van der Waals surface area contributed by atoms with Gasteiger partial charge in [-0.1, -0.05) is 36.2 Å². The minimum absolute atomic E-state index is 0.177. The fourth-order valence-electron chi connectivity index (χ4n) is 1.82. The van der Waals surface area contributed by atoms with Crippen LogP contribution in [0.5, 0.6) is 0 Å². The highest BCUT2D eigenvalue weighted by molar-refractivity contribution is 5.82. The van der Waals surface area contributed by atoms with E-state index in [1.54, 1.807) is 0 Å². The first-order valence-electron chi connectivity index (χ1n) is 6.82. The van der Waals surface area contributed by atoms with E-state index in [1.807, 2.05) is 31.2 Å². The molecule has 110 valence electrons. The molecule has 1 atom stereocenters. The van der Waals surface area contributed by atoms with Gasteiger partial charge in [0.1, 0.15) is 6.04 Å². The van der Waals surface area contributed by atoms with E-state index in [-0.39, 0.29) is 12.3 Å². The summed E-state index contributed by atoms with van der Waals surface area (Å²) >= 11 is 0. The molecule has 5 nitrogen and oxygen atoms in total. The van der Waals surface area contributed by atoms with Crippen LogP contribution in [0.25, 0.3) is 0 Å². The van der Waals surface area contributed by atoms with Gasteiger partial charge >= 0.3 is 5.97 Å². The topological polar surface area (TPSA) is 92.4 Å². The second-order valence-corrected chi connectivity index (χ2v) is 4.88. The van der Waals surface area contributed by atoms with E-state index in [0.717, 1.165) is 24.0 Å². The average molecular weight is 278 g/mol. The van der Waals surface area contributed by atoms with Crippen LogP contribution in [0.1, 0.15) is 42.9 Å². The Balaban J connectivity index is 2.25. The molecule has 0 aromatic heterocycles. The van der Waals surface area contributed by atoms with Gasteiger partial charge in [0.2, 0.25) is 5.91 Å². The molecule has 0 saturated carbocycles. The zero-order valence-electron chi connectivity index (χ0n) is 11.8. The number of aliphatic carboxylic acids is 1. The van der Waals surface area contributed by atoms with Crippen LogP contribution >= 0.6 is 0 Å². The average Bonchev–Trinajstić information content (AvgIpc) is 2.42. The molecule has 1 aromatic rings. The van der Waals surface area contributed by atoms with E-state index < -0.39 is 12.0 Å². The van der Waals surface area contributed by atoms with Gasteiger partial charge < -0.3 is 16.2 Å². The number of nitrogens with two attached hydrogens (primary N) is 1. The lowest BCUT2D eigenvalue weighted by Gasteiger charge is -2.12. The molecule has 1 unspecified atom stereocenters. The van der Waals surface area contributed by atoms with E-state index in [1.165, 1.54) is 0 Å². The second-order valence-electron chi connectivity index (χ2n) is 4.88. The molecule has 0 radical (unpaired) electrons. The van der Waals surface area contributed by atoms with Gasteiger partial charge in [-0.05, 0) is 25.3 Å². The lowest BCUT2D eigenvalue weighted by atomic mass is 10.1. The number of carbonyl (C=O) groups is 2. The monoisotopic (exact) mass is 278 g/mol. The Morgan fingerprint density at radius 3 is 2.45 bits per heavy atom. The van der Waals surface area contributed by atoms with Crippen molar-refractivity contribution in [1.29, 1.82) is 0 Å². The standard InChI is InChI=1S/C15H22N2O3/c1-11-6-8-12(9-7-11)14(16)15(20)17-10-4-2-3-5-13(18)19/h6-9,14H,2-5,10,16H2,1H3,(H,17,20)(H,18,19). The third kappa shape index (κ3) is 5.84. The summed E-state index contributed by atoms with van der Waals surface area (Å²) in [5.41, 5.74) is 7.79. The van der Waals surface area contributed by atoms with Crippen LogP contribution in [0.4, 0.5) is 0 Å². The number of nitrogens with one attached hydrogen (secondary N) is 1. The molecular weight excluding hydrogens is 256 g/mol. The van der Waals surface area contributed by atoms with Crippen LogP contribution in [-0.2, 0) is 9.59 Å². The Morgan fingerprint density at radius 2 is 1.85 bits per heavy atom. The van der Waals surface area contributed by atoms with Gasteiger partial charge in [-0.3, -0.25) is 9.59 Å². The molecule has 0 aliphatic rings. The summed E-state index contributed by atoms with van der Waals surface area (Å²) in [4.78, 5) is 22.2. The molecule has 0 bridgehead atoms. The van der Waals surface area contributed by atoms with Crippen molar-refractivity contribution in [1.82, 2.24) is 5.32 Å². The molecule has 0 spiro atoms. The minimum atomic E-state index is -0.782. The molecule has 20 heavy (non-hydrogen) atoms. The molecular formula is C15H22N2O3. The smallest absolute Gasteiger partial charge is 0.303 e. The maximum atomic E-state index is 11.8. The van der Waals surface area contributed by atoms with Gasteiger partial charge in [0, 0.05) is 13.0 Å². The number of unbranched alkanes of at least 4 members (excludes halogenated alkanes) is 2. The van der Waals surface area contributed by atoms with Crippen LogP contribution in [-0.4, -0.2) is 23.5 Å². The molecule has 0 fully saturated rings. The molecule has 0 heterocycles. The summed E-state index contributed by atoms with van der Waals surface area (Å²) in [6, 6.07) is 6.90. The molecule has 0 saturated heterocycles. The van der Waals surface area contributed by atoms with Crippen molar-refractivity contribution in [3.05, 3.63) is 35.4 Å². The molecule has 1 aromatic carbocycles. The maximum Gasteiger partial charge on any atom is 0.303 e. The van der Waals surface area contributed by atoms with Gasteiger partial charge in [0.15, 0.2) is 0 Å². The highest BCUT2D eigenvalue weighted by atomic mass is 16.4. The summed E-state index contributed by atoms with van der Waals surface area (Å²) in [5, 5.41) is 11.3. The van der Waals surface area contributed by atoms with Gasteiger partial charge in [-0.2, -0.15) is 0 Å². The maximum absolute atomic E-state index is 11.8. The number of aryl methyl sites for hydroxylation is 1. The normalized spacial score (nSPS) is 11.9. The molecule has 1 rings (SSSR count). The van der Waals surface area contributed by atoms with Crippen molar-refractivity contribution in [2.45, 2.75) is 38.6 Å². The van der Waals surface area contributed by atoms with Crippen molar-refractivity contribution in [3.63, 3.8) is 0 Å². The highest BCUT2D eigenvalue weighted by Crippen LogP contribution is 2.11. The molecule has 4 N–H and O–H groups in total. The Kier molecular flexibility index (Phi) is 6.73. The largest absolute Gasteiger partial charge is 0.481 e. The fourth-order valence-corrected chi connectivity index (χ4v) is 1.82. The van der Waals surface area contributed by atoms with Crippen LogP contribution in [0, 0.1) is 6.92 Å². The minimum Gasteiger partial charge on any atom is -0.481 e. The Bertz CT molecular complexity index is 443. The number of carboxylic acid groups (broad SMARTS) is 1. The second kappa shape index (κ2) is 8.32. The molecule has 5 heteroatoms. The summed E-state index contributed by atoms with van der Waals surface area (Å²) in [6.07, 6.45) is 2.36. The molecule has 0 aliphatic heterocycles. The van der Waals surface area contributed by atoms with Gasteiger partial charge in [-0.15, -0.1) is 0 Å². The van der Waals surface area contributed by atoms with Crippen LogP contribution in [0.15, 0.2) is 24.3 Å². The van der Waals surface area contributed by atoms with Crippen LogP contribution in [0.2, 0.25) is 0 Å². The number of hydrogen-bond donors (Lipinski definition) is 3. The summed E-state index contributed by atoms with van der Waals surface area (Å²) in [5.74, 6) is -0.984. The van der Waals surface area contributed by atoms with Gasteiger partial charge in [-0.25, -0.2) is 0 Å². The predicted octanol–water partition coefficient (Wildman–Crippen LogP) is 1.76. The molecule has 1 amide bonds. The van der Waals surface area contributed by atoms with Crippen molar-refractivity contribution in [2.24, 2.45) is 5.73 Å². The van der Waals surface area contributed by atoms with E-state index in [0.29, 0.717) is 13.0 Å².